The van der Waals surface area contributed by atoms with Crippen LogP contribution in [0.1, 0.15) is 107 Å². The Kier molecular flexibility index (Phi) is 13.5. The molecule has 9 nitrogen and oxygen atoms in total. The number of carbonyl (C=O) groups excluding carboxylic acids is 4. The Hall–Kier alpha value is -2.42. The second kappa shape index (κ2) is 15.9. The summed E-state index contributed by atoms with van der Waals surface area (Å²) in [6.45, 7) is 20.1. The number of nitrogens with zero attached hydrogens (tertiary/aromatic N) is 3. The maximum Gasteiger partial charge on any atom is 0.249 e. The van der Waals surface area contributed by atoms with Crippen molar-refractivity contribution in [3.63, 3.8) is 0 Å². The highest BCUT2D eigenvalue weighted by Gasteiger charge is 2.40. The third-order valence-electron chi connectivity index (χ3n) is 8.79. The van der Waals surface area contributed by atoms with Gasteiger partial charge in [0.05, 0.1) is 12.1 Å². The minimum atomic E-state index is -0.716. The van der Waals surface area contributed by atoms with Crippen molar-refractivity contribution in [3.05, 3.63) is 11.6 Å². The number of likely N-dealkylation sites (N-methyl/N-ethyl adjacent to an activating group) is 1. The van der Waals surface area contributed by atoms with Crippen LogP contribution in [-0.4, -0.2) is 95.2 Å². The fourth-order valence-electron chi connectivity index (χ4n) is 6.19. The molecule has 2 N–H and O–H groups in total. The summed E-state index contributed by atoms with van der Waals surface area (Å²) in [6, 6.07) is -1.52. The van der Waals surface area contributed by atoms with E-state index in [1.807, 2.05) is 40.7 Å². The van der Waals surface area contributed by atoms with Gasteiger partial charge in [0, 0.05) is 31.8 Å². The number of hydrogen-bond acceptors (Lipinski definition) is 5. The predicted molar refractivity (Wildman–Crippen MR) is 169 cm³/mol. The van der Waals surface area contributed by atoms with Gasteiger partial charge in [-0.1, -0.05) is 60.5 Å². The fourth-order valence-corrected chi connectivity index (χ4v) is 6.19. The lowest BCUT2D eigenvalue weighted by Gasteiger charge is -2.41. The summed E-state index contributed by atoms with van der Waals surface area (Å²) in [5, 5.41) is 6.11. The Labute approximate surface area is 255 Å². The number of amides is 4. The van der Waals surface area contributed by atoms with E-state index in [1.54, 1.807) is 23.8 Å². The monoisotopic (exact) mass is 589 g/mol. The summed E-state index contributed by atoms with van der Waals surface area (Å²) < 4.78 is 0. The molecule has 2 heterocycles. The number of unbranched alkanes of at least 4 members (excludes halogenated alkanes) is 1. The molecule has 2 aliphatic heterocycles. The highest BCUT2D eigenvalue weighted by atomic mass is 16.2. The van der Waals surface area contributed by atoms with Crippen molar-refractivity contribution < 1.29 is 19.2 Å². The Morgan fingerprint density at radius 1 is 0.952 bits per heavy atom. The first-order valence-corrected chi connectivity index (χ1v) is 16.2. The zero-order valence-electron chi connectivity index (χ0n) is 28.1. The molecule has 4 amide bonds. The van der Waals surface area contributed by atoms with Gasteiger partial charge < -0.3 is 20.4 Å². The van der Waals surface area contributed by atoms with Gasteiger partial charge in [0.15, 0.2) is 0 Å². The van der Waals surface area contributed by atoms with Crippen molar-refractivity contribution in [1.82, 2.24) is 25.3 Å². The maximum atomic E-state index is 14.1. The maximum absolute atomic E-state index is 14.1. The normalized spacial score (nSPS) is 21.8. The van der Waals surface area contributed by atoms with Crippen LogP contribution in [0.4, 0.5) is 0 Å². The lowest BCUT2D eigenvalue weighted by atomic mass is 9.84. The van der Waals surface area contributed by atoms with Crippen LogP contribution >= 0.6 is 0 Å². The summed E-state index contributed by atoms with van der Waals surface area (Å²) in [4.78, 5) is 59.6. The molecular weight excluding hydrogens is 530 g/mol. The van der Waals surface area contributed by atoms with E-state index in [0.29, 0.717) is 25.1 Å². The van der Waals surface area contributed by atoms with Crippen LogP contribution in [0.3, 0.4) is 0 Å². The Morgan fingerprint density at radius 2 is 1.60 bits per heavy atom. The first kappa shape index (κ1) is 35.8. The molecule has 0 radical (unpaired) electrons. The minimum Gasteiger partial charge on any atom is -0.354 e. The molecule has 0 unspecified atom stereocenters. The van der Waals surface area contributed by atoms with E-state index >= 15 is 0 Å². The highest BCUT2D eigenvalue weighted by molar-refractivity contribution is 5.97. The first-order chi connectivity index (χ1) is 19.6. The predicted octanol–water partition coefficient (Wildman–Crippen LogP) is 4.12. The molecule has 2 saturated heterocycles. The van der Waals surface area contributed by atoms with Gasteiger partial charge in [-0.05, 0) is 70.8 Å². The number of likely N-dealkylation sites (tertiary alicyclic amines) is 2. The lowest BCUT2D eigenvalue weighted by molar-refractivity contribution is -0.142. The van der Waals surface area contributed by atoms with Gasteiger partial charge in [0.1, 0.15) is 12.1 Å². The van der Waals surface area contributed by atoms with Gasteiger partial charge >= 0.3 is 0 Å². The third kappa shape index (κ3) is 9.29. The molecule has 9 heteroatoms. The van der Waals surface area contributed by atoms with Gasteiger partial charge in [0.2, 0.25) is 23.6 Å². The molecule has 0 aromatic heterocycles. The molecular formula is C33H59N5O4. The molecule has 42 heavy (non-hydrogen) atoms. The summed E-state index contributed by atoms with van der Waals surface area (Å²) in [5.74, 6) is -0.494. The topological polar surface area (TPSA) is 102 Å². The van der Waals surface area contributed by atoms with E-state index < -0.39 is 17.5 Å². The van der Waals surface area contributed by atoms with E-state index in [0.717, 1.165) is 45.1 Å². The average Bonchev–Trinajstić information content (AvgIpc) is 3.42. The molecule has 0 bridgehead atoms. The fraction of sp³-hybridized carbons (Fsp3) is 0.818. The van der Waals surface area contributed by atoms with Gasteiger partial charge in [-0.15, -0.1) is 0 Å². The van der Waals surface area contributed by atoms with Crippen molar-refractivity contribution in [3.8, 4) is 0 Å². The van der Waals surface area contributed by atoms with Crippen LogP contribution in [-0.2, 0) is 19.2 Å². The van der Waals surface area contributed by atoms with Crippen molar-refractivity contribution in [1.29, 1.82) is 0 Å². The quantitative estimate of drug-likeness (QED) is 0.264. The summed E-state index contributed by atoms with van der Waals surface area (Å²) in [7, 11) is 1.76. The number of rotatable bonds is 12. The molecule has 2 fully saturated rings. The van der Waals surface area contributed by atoms with E-state index in [4.69, 9.17) is 0 Å². The summed E-state index contributed by atoms with van der Waals surface area (Å²) in [5.41, 5.74) is 0.00949. The zero-order chi connectivity index (χ0) is 31.8. The first-order valence-electron chi connectivity index (χ1n) is 16.2. The molecule has 0 spiro atoms. The Morgan fingerprint density at radius 3 is 2.17 bits per heavy atom. The van der Waals surface area contributed by atoms with E-state index in [1.165, 1.54) is 0 Å². The van der Waals surface area contributed by atoms with Crippen LogP contribution in [0.5, 0.6) is 0 Å². The summed E-state index contributed by atoms with van der Waals surface area (Å²) >= 11 is 0. The molecule has 0 aromatic rings. The largest absolute Gasteiger partial charge is 0.354 e. The zero-order valence-corrected chi connectivity index (χ0v) is 28.1. The van der Waals surface area contributed by atoms with Gasteiger partial charge in [-0.3, -0.25) is 24.1 Å². The van der Waals surface area contributed by atoms with E-state index in [9.17, 15) is 19.2 Å². The van der Waals surface area contributed by atoms with Crippen molar-refractivity contribution in [2.45, 2.75) is 137 Å². The SMILES string of the molecule is CCCCNC(=O)[C@@H]1CCCN1C(=O)C(C)=C[C@H](C(C)C)N(C)C(=O)[C@@H](NC(=O)[C@H]1CCCCN1C(C)C)C(C)(C)C. The molecule has 0 aromatic carbocycles. The third-order valence-corrected chi connectivity index (χ3v) is 8.79. The lowest BCUT2D eigenvalue weighted by Crippen LogP contribution is -2.60. The van der Waals surface area contributed by atoms with Crippen LogP contribution in [0.2, 0.25) is 0 Å². The second-order valence-electron chi connectivity index (χ2n) is 14.0. The number of piperidine rings is 1. The molecule has 2 aliphatic rings. The van der Waals surface area contributed by atoms with Crippen molar-refractivity contribution in [2.75, 3.05) is 26.7 Å². The number of hydrogen-bond donors (Lipinski definition) is 2. The minimum absolute atomic E-state index is 0.0273. The number of carbonyl (C=O) groups is 4. The Balaban J connectivity index is 2.23. The standard InChI is InChI=1S/C33H59N5O4/c1-11-12-18-34-29(39)25-17-15-20-38(25)31(41)24(6)21-27(22(2)3)36(10)32(42)28(33(7,8)9)35-30(40)26-16-13-14-19-37(26)23(4)5/h21-23,25-28H,11-20H2,1-10H3,(H,34,39)(H,35,40)/t25-,26+,27+,28+/m0/s1. The van der Waals surface area contributed by atoms with Gasteiger partial charge in [-0.25, -0.2) is 0 Å². The average molecular weight is 590 g/mol. The van der Waals surface area contributed by atoms with Crippen molar-refractivity contribution >= 4 is 23.6 Å². The summed E-state index contributed by atoms with van der Waals surface area (Å²) in [6.07, 6.45) is 8.08. The van der Waals surface area contributed by atoms with Crippen LogP contribution in [0.25, 0.3) is 0 Å². The molecule has 0 saturated carbocycles. The number of nitrogens with one attached hydrogen (secondary N) is 2. The van der Waals surface area contributed by atoms with E-state index in [-0.39, 0.29) is 47.7 Å². The van der Waals surface area contributed by atoms with Gasteiger partial charge in [-0.2, -0.15) is 0 Å². The second-order valence-corrected chi connectivity index (χ2v) is 14.0. The van der Waals surface area contributed by atoms with E-state index in [2.05, 4.69) is 36.3 Å². The molecule has 240 valence electrons. The molecule has 0 aliphatic carbocycles. The Bertz CT molecular complexity index is 970. The highest BCUT2D eigenvalue weighted by Crippen LogP contribution is 2.26. The van der Waals surface area contributed by atoms with Crippen molar-refractivity contribution in [2.24, 2.45) is 11.3 Å². The molecule has 4 atom stereocenters. The van der Waals surface area contributed by atoms with Crippen LogP contribution in [0.15, 0.2) is 11.6 Å². The van der Waals surface area contributed by atoms with Gasteiger partial charge in [0.25, 0.3) is 0 Å². The smallest absolute Gasteiger partial charge is 0.249 e. The van der Waals surface area contributed by atoms with Crippen LogP contribution in [0, 0.1) is 11.3 Å². The molecule has 2 rings (SSSR count). The van der Waals surface area contributed by atoms with Crippen LogP contribution < -0.4 is 10.6 Å².